The van der Waals surface area contributed by atoms with Gasteiger partial charge < -0.3 is 15.2 Å². The van der Waals surface area contributed by atoms with Crippen molar-refractivity contribution in [2.75, 3.05) is 19.0 Å². The predicted octanol–water partition coefficient (Wildman–Crippen LogP) is 0.661. The largest absolute Gasteiger partial charge is 0.464 e. The summed E-state index contributed by atoms with van der Waals surface area (Å²) in [5.41, 5.74) is 0.784. The highest BCUT2D eigenvalue weighted by molar-refractivity contribution is 5.93. The van der Waals surface area contributed by atoms with Gasteiger partial charge in [0.1, 0.15) is 0 Å². The molecular weight excluding hydrogens is 196 g/mol. The summed E-state index contributed by atoms with van der Waals surface area (Å²) in [4.78, 5) is 15.2. The van der Waals surface area contributed by atoms with Crippen molar-refractivity contribution < 1.29 is 14.6 Å². The molecule has 5 nitrogen and oxygen atoms in total. The molecule has 1 rings (SSSR count). The van der Waals surface area contributed by atoms with Gasteiger partial charge in [0, 0.05) is 12.2 Å². The molecule has 0 spiro atoms. The summed E-state index contributed by atoms with van der Waals surface area (Å²) >= 11 is 0. The molecule has 0 aliphatic rings. The Morgan fingerprint density at radius 1 is 1.73 bits per heavy atom. The fraction of sp³-hybridized carbons (Fsp3) is 0.400. The Bertz CT molecular complexity index is 341. The molecule has 0 saturated heterocycles. The molecule has 0 radical (unpaired) electrons. The summed E-state index contributed by atoms with van der Waals surface area (Å²) < 4.78 is 4.59. The molecule has 0 unspecified atom stereocenters. The normalized spacial score (nSPS) is 11.9. The molecule has 0 aliphatic carbocycles. The summed E-state index contributed by atoms with van der Waals surface area (Å²) in [5.74, 6) is -0.497. The minimum Gasteiger partial charge on any atom is -0.464 e. The van der Waals surface area contributed by atoms with Gasteiger partial charge in [0.05, 0.1) is 19.4 Å². The average molecular weight is 210 g/mol. The van der Waals surface area contributed by atoms with Gasteiger partial charge in [0.2, 0.25) is 0 Å². The molecule has 1 aromatic rings. The zero-order chi connectivity index (χ0) is 11.3. The minimum atomic E-state index is -0.497. The van der Waals surface area contributed by atoms with E-state index in [2.05, 4.69) is 15.0 Å². The number of aromatic nitrogens is 1. The number of nitrogens with one attached hydrogen (secondary N) is 1. The van der Waals surface area contributed by atoms with E-state index in [9.17, 15) is 4.79 Å². The van der Waals surface area contributed by atoms with Crippen LogP contribution in [0.15, 0.2) is 18.3 Å². The summed E-state index contributed by atoms with van der Waals surface area (Å²) in [6.07, 6.45) is 1.51. The molecule has 0 fully saturated rings. The molecule has 0 saturated carbocycles. The van der Waals surface area contributed by atoms with E-state index in [1.165, 1.54) is 13.3 Å². The standard InChI is InChI=1S/C10H14N2O3/c1-7(6-13)12-8-4-3-5-11-9(8)10(14)15-2/h3-5,7,12-13H,6H2,1-2H3/t7-/m1/s1. The molecule has 82 valence electrons. The van der Waals surface area contributed by atoms with Crippen LogP contribution in [-0.4, -0.2) is 35.8 Å². The number of ether oxygens (including phenoxy) is 1. The number of anilines is 1. The second kappa shape index (κ2) is 5.31. The van der Waals surface area contributed by atoms with Crippen LogP contribution in [0.4, 0.5) is 5.69 Å². The monoisotopic (exact) mass is 210 g/mol. The molecule has 1 heterocycles. The third-order valence-electron chi connectivity index (χ3n) is 1.86. The highest BCUT2D eigenvalue weighted by atomic mass is 16.5. The number of methoxy groups -OCH3 is 1. The zero-order valence-electron chi connectivity index (χ0n) is 8.73. The van der Waals surface area contributed by atoms with Crippen LogP contribution >= 0.6 is 0 Å². The summed E-state index contributed by atoms with van der Waals surface area (Å²) in [6.45, 7) is 1.78. The van der Waals surface area contributed by atoms with E-state index < -0.39 is 5.97 Å². The molecule has 1 atom stereocenters. The SMILES string of the molecule is COC(=O)c1ncccc1N[C@H](C)CO. The molecule has 0 aliphatic heterocycles. The maximum Gasteiger partial charge on any atom is 0.358 e. The molecule has 5 heteroatoms. The van der Waals surface area contributed by atoms with Crippen molar-refractivity contribution in [1.29, 1.82) is 0 Å². The van der Waals surface area contributed by atoms with E-state index in [0.717, 1.165) is 0 Å². The van der Waals surface area contributed by atoms with Gasteiger partial charge >= 0.3 is 5.97 Å². The van der Waals surface area contributed by atoms with E-state index in [1.54, 1.807) is 19.1 Å². The van der Waals surface area contributed by atoms with Crippen LogP contribution in [0.5, 0.6) is 0 Å². The first-order valence-electron chi connectivity index (χ1n) is 4.59. The number of rotatable bonds is 4. The highest BCUT2D eigenvalue weighted by Gasteiger charge is 2.13. The van der Waals surface area contributed by atoms with Crippen molar-refractivity contribution >= 4 is 11.7 Å². The van der Waals surface area contributed by atoms with Crippen LogP contribution in [-0.2, 0) is 4.74 Å². The van der Waals surface area contributed by atoms with Crippen molar-refractivity contribution in [3.05, 3.63) is 24.0 Å². The number of hydrogen-bond donors (Lipinski definition) is 2. The number of esters is 1. The van der Waals surface area contributed by atoms with Crippen molar-refractivity contribution in [1.82, 2.24) is 4.98 Å². The first-order chi connectivity index (χ1) is 7.19. The van der Waals surface area contributed by atoms with Gasteiger partial charge in [-0.3, -0.25) is 0 Å². The number of aliphatic hydroxyl groups excluding tert-OH is 1. The predicted molar refractivity (Wildman–Crippen MR) is 55.7 cm³/mol. The van der Waals surface area contributed by atoms with Gasteiger partial charge in [-0.2, -0.15) is 0 Å². The molecule has 1 aromatic heterocycles. The van der Waals surface area contributed by atoms with Crippen LogP contribution in [0.1, 0.15) is 17.4 Å². The number of nitrogens with zero attached hydrogens (tertiary/aromatic N) is 1. The third kappa shape index (κ3) is 2.92. The smallest absolute Gasteiger partial charge is 0.358 e. The Kier molecular flexibility index (Phi) is 4.05. The Morgan fingerprint density at radius 3 is 3.07 bits per heavy atom. The third-order valence-corrected chi connectivity index (χ3v) is 1.86. The molecule has 0 aromatic carbocycles. The summed E-state index contributed by atoms with van der Waals surface area (Å²) in [6, 6.07) is 3.28. The molecule has 15 heavy (non-hydrogen) atoms. The van der Waals surface area contributed by atoms with Crippen molar-refractivity contribution in [3.63, 3.8) is 0 Å². The van der Waals surface area contributed by atoms with E-state index in [0.29, 0.717) is 5.69 Å². The van der Waals surface area contributed by atoms with Crippen LogP contribution in [0.2, 0.25) is 0 Å². The topological polar surface area (TPSA) is 71.5 Å². The van der Waals surface area contributed by atoms with E-state index in [1.807, 2.05) is 0 Å². The molecular formula is C10H14N2O3. The maximum atomic E-state index is 11.3. The zero-order valence-corrected chi connectivity index (χ0v) is 8.73. The van der Waals surface area contributed by atoms with Gasteiger partial charge in [-0.1, -0.05) is 0 Å². The van der Waals surface area contributed by atoms with E-state index in [4.69, 9.17) is 5.11 Å². The van der Waals surface area contributed by atoms with Crippen molar-refractivity contribution in [3.8, 4) is 0 Å². The van der Waals surface area contributed by atoms with Crippen molar-refractivity contribution in [2.45, 2.75) is 13.0 Å². The second-order valence-corrected chi connectivity index (χ2v) is 3.12. The number of pyridine rings is 1. The summed E-state index contributed by atoms with van der Waals surface area (Å²) in [7, 11) is 1.30. The van der Waals surface area contributed by atoms with Gasteiger partial charge in [-0.25, -0.2) is 9.78 Å². The van der Waals surface area contributed by atoms with Crippen LogP contribution in [0, 0.1) is 0 Å². The lowest BCUT2D eigenvalue weighted by atomic mass is 10.2. The van der Waals surface area contributed by atoms with Crippen molar-refractivity contribution in [2.24, 2.45) is 0 Å². The van der Waals surface area contributed by atoms with Crippen LogP contribution in [0.25, 0.3) is 0 Å². The van der Waals surface area contributed by atoms with Gasteiger partial charge in [-0.05, 0) is 19.1 Å². The highest BCUT2D eigenvalue weighted by Crippen LogP contribution is 2.14. The average Bonchev–Trinajstić information content (AvgIpc) is 2.28. The van der Waals surface area contributed by atoms with Gasteiger partial charge in [-0.15, -0.1) is 0 Å². The Labute approximate surface area is 88.1 Å². The first-order valence-corrected chi connectivity index (χ1v) is 4.59. The van der Waals surface area contributed by atoms with Gasteiger partial charge in [0.15, 0.2) is 5.69 Å². The number of carbonyl (C=O) groups is 1. The molecule has 2 N–H and O–H groups in total. The lowest BCUT2D eigenvalue weighted by Gasteiger charge is -2.14. The number of aliphatic hydroxyl groups is 1. The lowest BCUT2D eigenvalue weighted by molar-refractivity contribution is 0.0595. The van der Waals surface area contributed by atoms with Crippen LogP contribution in [0.3, 0.4) is 0 Å². The molecule has 0 bridgehead atoms. The maximum absolute atomic E-state index is 11.3. The summed E-state index contributed by atoms with van der Waals surface area (Å²) in [5, 5.41) is 11.8. The first kappa shape index (κ1) is 11.5. The van der Waals surface area contributed by atoms with Crippen LogP contribution < -0.4 is 5.32 Å². The fourth-order valence-corrected chi connectivity index (χ4v) is 1.09. The minimum absolute atomic E-state index is 0.0183. The van der Waals surface area contributed by atoms with Gasteiger partial charge in [0.25, 0.3) is 0 Å². The molecule has 0 amide bonds. The quantitative estimate of drug-likeness (QED) is 0.714. The Hall–Kier alpha value is -1.62. The van der Waals surface area contributed by atoms with E-state index >= 15 is 0 Å². The Morgan fingerprint density at radius 2 is 2.47 bits per heavy atom. The number of carbonyl (C=O) groups excluding carboxylic acids is 1. The fourth-order valence-electron chi connectivity index (χ4n) is 1.09. The Balaban J connectivity index is 2.91. The number of hydrogen-bond acceptors (Lipinski definition) is 5. The second-order valence-electron chi connectivity index (χ2n) is 3.12. The van der Waals surface area contributed by atoms with E-state index in [-0.39, 0.29) is 18.3 Å². The lowest BCUT2D eigenvalue weighted by Crippen LogP contribution is -2.21.